The molecule has 1 aromatic carbocycles. The Morgan fingerprint density at radius 1 is 1.32 bits per heavy atom. The Morgan fingerprint density at radius 3 is 2.72 bits per heavy atom. The highest BCUT2D eigenvalue weighted by Crippen LogP contribution is 2.20. The Kier molecular flexibility index (Phi) is 7.03. The van der Waals surface area contributed by atoms with E-state index in [4.69, 9.17) is 27.9 Å². The van der Waals surface area contributed by atoms with Crippen LogP contribution in [0.2, 0.25) is 10.0 Å². The van der Waals surface area contributed by atoms with E-state index >= 15 is 0 Å². The van der Waals surface area contributed by atoms with Crippen molar-refractivity contribution in [3.8, 4) is 5.75 Å². The van der Waals surface area contributed by atoms with Gasteiger partial charge in [-0.3, -0.25) is 9.78 Å². The predicted molar refractivity (Wildman–Crippen MR) is 101 cm³/mol. The molecule has 1 heterocycles. The van der Waals surface area contributed by atoms with Crippen molar-refractivity contribution in [1.29, 1.82) is 0 Å². The average Bonchev–Trinajstić information content (AvgIpc) is 2.55. The van der Waals surface area contributed by atoms with E-state index < -0.39 is 0 Å². The molecule has 0 radical (unpaired) electrons. The Balaban J connectivity index is 1.86. The van der Waals surface area contributed by atoms with Crippen LogP contribution in [0.25, 0.3) is 0 Å². The minimum Gasteiger partial charge on any atom is -0.491 e. The van der Waals surface area contributed by atoms with Crippen LogP contribution in [-0.2, 0) is 4.79 Å². The largest absolute Gasteiger partial charge is 0.491 e. The van der Waals surface area contributed by atoms with E-state index in [2.05, 4.69) is 20.8 Å². The molecule has 2 rings (SSSR count). The van der Waals surface area contributed by atoms with Crippen LogP contribution in [0.3, 0.4) is 0 Å². The molecule has 1 amide bonds. The summed E-state index contributed by atoms with van der Waals surface area (Å²) in [6.07, 6.45) is 4.36. The molecule has 0 aliphatic heterocycles. The number of nitrogens with zero attached hydrogens (tertiary/aromatic N) is 2. The van der Waals surface area contributed by atoms with Gasteiger partial charge in [0.1, 0.15) is 5.75 Å². The highest BCUT2D eigenvalue weighted by Gasteiger charge is 2.05. The molecule has 0 aliphatic carbocycles. The fourth-order valence-electron chi connectivity index (χ4n) is 1.89. The van der Waals surface area contributed by atoms with Gasteiger partial charge in [0, 0.05) is 29.7 Å². The number of amides is 1. The number of nitrogens with one attached hydrogen (secondary N) is 2. The summed E-state index contributed by atoms with van der Waals surface area (Å²) in [6.45, 7) is 3.96. The second-order valence-corrected chi connectivity index (χ2v) is 6.17. The summed E-state index contributed by atoms with van der Waals surface area (Å²) >= 11 is 11.9. The van der Waals surface area contributed by atoms with Crippen molar-refractivity contribution in [3.63, 3.8) is 0 Å². The van der Waals surface area contributed by atoms with Crippen molar-refractivity contribution in [2.75, 3.05) is 11.9 Å². The van der Waals surface area contributed by atoms with Crippen molar-refractivity contribution < 1.29 is 9.53 Å². The second-order valence-electron chi connectivity index (χ2n) is 5.36. The normalized spacial score (nSPS) is 10.9. The van der Waals surface area contributed by atoms with Crippen LogP contribution in [0.5, 0.6) is 5.75 Å². The second kappa shape index (κ2) is 9.25. The predicted octanol–water partition coefficient (Wildman–Crippen LogP) is 3.74. The van der Waals surface area contributed by atoms with Gasteiger partial charge in [-0.25, -0.2) is 5.43 Å². The molecule has 0 aliphatic rings. The molecular weight excluding hydrogens is 363 g/mol. The minimum absolute atomic E-state index is 0.0558. The molecule has 132 valence electrons. The Bertz CT molecular complexity index is 746. The van der Waals surface area contributed by atoms with Crippen LogP contribution < -0.4 is 15.5 Å². The monoisotopic (exact) mass is 380 g/mol. The van der Waals surface area contributed by atoms with Gasteiger partial charge in [-0.05, 0) is 26.0 Å². The summed E-state index contributed by atoms with van der Waals surface area (Å²) in [4.78, 5) is 15.7. The smallest absolute Gasteiger partial charge is 0.259 e. The van der Waals surface area contributed by atoms with Gasteiger partial charge < -0.3 is 10.1 Å². The number of hydrogen-bond donors (Lipinski definition) is 2. The Labute approximate surface area is 156 Å². The molecule has 0 spiro atoms. The zero-order valence-corrected chi connectivity index (χ0v) is 15.3. The van der Waals surface area contributed by atoms with E-state index in [0.29, 0.717) is 15.6 Å². The highest BCUT2D eigenvalue weighted by molar-refractivity contribution is 6.38. The molecular formula is C17H18Cl2N4O2. The third-order valence-electron chi connectivity index (χ3n) is 2.93. The highest BCUT2D eigenvalue weighted by atomic mass is 35.5. The number of benzene rings is 1. The van der Waals surface area contributed by atoms with Crippen LogP contribution >= 0.6 is 23.2 Å². The third-order valence-corrected chi connectivity index (χ3v) is 3.53. The number of aromatic nitrogens is 1. The molecule has 0 unspecified atom stereocenters. The molecule has 8 heteroatoms. The molecule has 25 heavy (non-hydrogen) atoms. The quantitative estimate of drug-likeness (QED) is 0.566. The molecule has 0 atom stereocenters. The van der Waals surface area contributed by atoms with Crippen LogP contribution in [-0.4, -0.2) is 29.8 Å². The van der Waals surface area contributed by atoms with E-state index in [1.54, 1.807) is 0 Å². The summed E-state index contributed by atoms with van der Waals surface area (Å²) < 4.78 is 5.60. The SMILES string of the molecule is CC(C)Oc1cccc(NCC(=O)NN=Cc2c(Cl)cncc2Cl)c1. The number of hydrazone groups is 1. The molecule has 0 bridgehead atoms. The van der Waals surface area contributed by atoms with Gasteiger partial charge >= 0.3 is 0 Å². The van der Waals surface area contributed by atoms with Crippen LogP contribution in [0.15, 0.2) is 41.8 Å². The number of hydrogen-bond acceptors (Lipinski definition) is 5. The van der Waals surface area contributed by atoms with Crippen molar-refractivity contribution in [2.24, 2.45) is 5.10 Å². The fraction of sp³-hybridized carbons (Fsp3) is 0.235. The van der Waals surface area contributed by atoms with Gasteiger partial charge in [-0.15, -0.1) is 0 Å². The van der Waals surface area contributed by atoms with E-state index in [1.807, 2.05) is 38.1 Å². The maximum atomic E-state index is 11.8. The summed E-state index contributed by atoms with van der Waals surface area (Å²) in [5, 5.41) is 7.55. The fourth-order valence-corrected chi connectivity index (χ4v) is 2.35. The molecule has 0 saturated carbocycles. The van der Waals surface area contributed by atoms with Crippen LogP contribution in [0, 0.1) is 0 Å². The number of carbonyl (C=O) groups is 1. The standard InChI is InChI=1S/C17H18Cl2N4O2/c1-11(2)25-13-5-3-4-12(6-13)21-10-17(24)23-22-7-14-15(18)8-20-9-16(14)19/h3-9,11,21H,10H2,1-2H3,(H,23,24). The van der Waals surface area contributed by atoms with Gasteiger partial charge in [-0.1, -0.05) is 29.3 Å². The van der Waals surface area contributed by atoms with Gasteiger partial charge in [0.15, 0.2) is 0 Å². The number of carbonyl (C=O) groups excluding carboxylic acids is 1. The number of rotatable bonds is 7. The molecule has 0 fully saturated rings. The summed E-state index contributed by atoms with van der Waals surface area (Å²) in [6, 6.07) is 7.38. The lowest BCUT2D eigenvalue weighted by atomic mass is 10.3. The number of anilines is 1. The van der Waals surface area contributed by atoms with Crippen LogP contribution in [0.4, 0.5) is 5.69 Å². The number of pyridine rings is 1. The van der Waals surface area contributed by atoms with E-state index in [1.165, 1.54) is 18.6 Å². The topological polar surface area (TPSA) is 75.6 Å². The van der Waals surface area contributed by atoms with Gasteiger partial charge in [0.25, 0.3) is 5.91 Å². The van der Waals surface area contributed by atoms with E-state index in [0.717, 1.165) is 11.4 Å². The first-order valence-corrected chi connectivity index (χ1v) is 8.33. The van der Waals surface area contributed by atoms with E-state index in [-0.39, 0.29) is 18.6 Å². The zero-order valence-electron chi connectivity index (χ0n) is 13.8. The Hall–Kier alpha value is -2.31. The maximum Gasteiger partial charge on any atom is 0.259 e. The Morgan fingerprint density at radius 2 is 2.04 bits per heavy atom. The number of halogens is 2. The van der Waals surface area contributed by atoms with Gasteiger partial charge in [-0.2, -0.15) is 5.10 Å². The summed E-state index contributed by atoms with van der Waals surface area (Å²) in [5.41, 5.74) is 3.67. The lowest BCUT2D eigenvalue weighted by Crippen LogP contribution is -2.25. The molecule has 1 aromatic heterocycles. The summed E-state index contributed by atoms with van der Waals surface area (Å²) in [7, 11) is 0. The number of ether oxygens (including phenoxy) is 1. The van der Waals surface area contributed by atoms with Crippen LogP contribution in [0.1, 0.15) is 19.4 Å². The van der Waals surface area contributed by atoms with Crippen molar-refractivity contribution in [3.05, 3.63) is 52.3 Å². The molecule has 2 N–H and O–H groups in total. The molecule has 2 aromatic rings. The van der Waals surface area contributed by atoms with Crippen molar-refractivity contribution in [1.82, 2.24) is 10.4 Å². The van der Waals surface area contributed by atoms with Crippen molar-refractivity contribution in [2.45, 2.75) is 20.0 Å². The van der Waals surface area contributed by atoms with Crippen molar-refractivity contribution >= 4 is 41.0 Å². The average molecular weight is 381 g/mol. The van der Waals surface area contributed by atoms with Gasteiger partial charge in [0.2, 0.25) is 0 Å². The first kappa shape index (κ1) is 19.0. The molecule has 6 nitrogen and oxygen atoms in total. The zero-order chi connectivity index (χ0) is 18.2. The van der Waals surface area contributed by atoms with E-state index in [9.17, 15) is 4.79 Å². The lowest BCUT2D eigenvalue weighted by molar-refractivity contribution is -0.119. The first-order valence-electron chi connectivity index (χ1n) is 7.57. The first-order chi connectivity index (χ1) is 12.0. The molecule has 0 saturated heterocycles. The minimum atomic E-state index is -0.312. The summed E-state index contributed by atoms with van der Waals surface area (Å²) in [5.74, 6) is 0.424. The van der Waals surface area contributed by atoms with Gasteiger partial charge in [0.05, 0.1) is 28.9 Å². The lowest BCUT2D eigenvalue weighted by Gasteiger charge is -2.11. The third kappa shape index (κ3) is 6.25. The maximum absolute atomic E-state index is 11.8.